The quantitative estimate of drug-likeness (QED) is 0.566. The van der Waals surface area contributed by atoms with E-state index in [1.165, 1.54) is 5.56 Å². The van der Waals surface area contributed by atoms with Gasteiger partial charge in [0.1, 0.15) is 11.5 Å². The molecule has 1 aliphatic carbocycles. The molecule has 2 unspecified atom stereocenters. The first-order valence-corrected chi connectivity index (χ1v) is 8.70. The van der Waals surface area contributed by atoms with Crippen LogP contribution in [0.5, 0.6) is 0 Å². The summed E-state index contributed by atoms with van der Waals surface area (Å²) in [5.41, 5.74) is 5.67. The first-order valence-electron chi connectivity index (χ1n) is 8.70. The number of rotatable bonds is 3. The van der Waals surface area contributed by atoms with Crippen LogP contribution in [-0.2, 0) is 21.1 Å². The van der Waals surface area contributed by atoms with Crippen LogP contribution in [0.2, 0.25) is 0 Å². The van der Waals surface area contributed by atoms with Crippen LogP contribution in [0.25, 0.3) is 22.7 Å². The highest BCUT2D eigenvalue weighted by atomic mass is 15.3. The van der Waals surface area contributed by atoms with Gasteiger partial charge in [-0.05, 0) is 30.9 Å². The van der Waals surface area contributed by atoms with Gasteiger partial charge < -0.3 is 4.57 Å². The number of aryl methyl sites for hydroxylation is 4. The molecular formula is C18H20N8. The highest BCUT2D eigenvalue weighted by Gasteiger charge is 2.42. The van der Waals surface area contributed by atoms with Crippen LogP contribution in [0.3, 0.4) is 0 Å². The fourth-order valence-electron chi connectivity index (χ4n) is 3.61. The second-order valence-electron chi connectivity index (χ2n) is 7.09. The summed E-state index contributed by atoms with van der Waals surface area (Å²) in [4.78, 5) is 13.7. The van der Waals surface area contributed by atoms with E-state index in [1.54, 1.807) is 6.20 Å². The Morgan fingerprint density at radius 3 is 2.69 bits per heavy atom. The standard InChI is InChI=1S/C18H20N8/c1-10-21-17-18(25(10)3)22-15(8-19-17)16-6-14(23-26(16)4)13-5-12(13)11-7-20-24(2)9-11/h6-9,12-13H,5H2,1-4H3. The molecule has 0 bridgehead atoms. The van der Waals surface area contributed by atoms with Gasteiger partial charge in [0.2, 0.25) is 0 Å². The van der Waals surface area contributed by atoms with Crippen molar-refractivity contribution in [3.05, 3.63) is 41.7 Å². The van der Waals surface area contributed by atoms with Gasteiger partial charge in [-0.3, -0.25) is 9.36 Å². The summed E-state index contributed by atoms with van der Waals surface area (Å²) in [6.07, 6.45) is 6.95. The third kappa shape index (κ3) is 2.25. The van der Waals surface area contributed by atoms with Crippen molar-refractivity contribution in [2.75, 3.05) is 0 Å². The molecule has 0 aliphatic heterocycles. The van der Waals surface area contributed by atoms with Gasteiger partial charge in [0.15, 0.2) is 11.3 Å². The maximum atomic E-state index is 4.76. The Labute approximate surface area is 150 Å². The molecular weight excluding hydrogens is 328 g/mol. The largest absolute Gasteiger partial charge is 0.315 e. The van der Waals surface area contributed by atoms with Crippen LogP contribution >= 0.6 is 0 Å². The fraction of sp³-hybridized carbons (Fsp3) is 0.389. The van der Waals surface area contributed by atoms with Gasteiger partial charge in [0, 0.05) is 33.3 Å². The van der Waals surface area contributed by atoms with Crippen molar-refractivity contribution in [1.82, 2.24) is 39.1 Å². The van der Waals surface area contributed by atoms with Gasteiger partial charge in [-0.25, -0.2) is 15.0 Å². The third-order valence-electron chi connectivity index (χ3n) is 5.29. The van der Waals surface area contributed by atoms with E-state index in [0.29, 0.717) is 17.5 Å². The lowest BCUT2D eigenvalue weighted by Gasteiger charge is -2.01. The van der Waals surface area contributed by atoms with Crippen molar-refractivity contribution >= 4 is 11.3 Å². The Kier molecular flexibility index (Phi) is 3.07. The molecule has 0 saturated heterocycles. The second kappa shape index (κ2) is 5.23. The summed E-state index contributed by atoms with van der Waals surface area (Å²) in [5.74, 6) is 1.87. The van der Waals surface area contributed by atoms with Gasteiger partial charge in [-0.1, -0.05) is 0 Å². The number of hydrogen-bond donors (Lipinski definition) is 0. The second-order valence-corrected chi connectivity index (χ2v) is 7.09. The number of nitrogens with zero attached hydrogens (tertiary/aromatic N) is 8. The van der Waals surface area contributed by atoms with Crippen molar-refractivity contribution in [1.29, 1.82) is 0 Å². The minimum Gasteiger partial charge on any atom is -0.315 e. The molecule has 5 rings (SSSR count). The molecule has 1 saturated carbocycles. The van der Waals surface area contributed by atoms with Crippen LogP contribution in [0.15, 0.2) is 24.7 Å². The summed E-state index contributed by atoms with van der Waals surface area (Å²) < 4.78 is 5.71. The van der Waals surface area contributed by atoms with Gasteiger partial charge in [0.25, 0.3) is 0 Å². The first-order chi connectivity index (χ1) is 12.5. The molecule has 2 atom stereocenters. The van der Waals surface area contributed by atoms with Crippen LogP contribution in [-0.4, -0.2) is 39.1 Å². The average Bonchev–Trinajstić information content (AvgIpc) is 3.01. The van der Waals surface area contributed by atoms with Crippen LogP contribution in [0, 0.1) is 6.92 Å². The molecule has 0 aromatic carbocycles. The molecule has 0 spiro atoms. The average molecular weight is 348 g/mol. The van der Waals surface area contributed by atoms with Gasteiger partial charge in [-0.15, -0.1) is 0 Å². The van der Waals surface area contributed by atoms with E-state index in [9.17, 15) is 0 Å². The van der Waals surface area contributed by atoms with Crippen molar-refractivity contribution in [2.45, 2.75) is 25.2 Å². The lowest BCUT2D eigenvalue weighted by atomic mass is 10.1. The van der Waals surface area contributed by atoms with Crippen molar-refractivity contribution < 1.29 is 0 Å². The fourth-order valence-corrected chi connectivity index (χ4v) is 3.61. The molecule has 0 amide bonds. The molecule has 8 heteroatoms. The molecule has 132 valence electrons. The molecule has 8 nitrogen and oxygen atoms in total. The van der Waals surface area contributed by atoms with Gasteiger partial charge in [-0.2, -0.15) is 10.2 Å². The number of hydrogen-bond acceptors (Lipinski definition) is 5. The predicted molar refractivity (Wildman–Crippen MR) is 96.6 cm³/mol. The number of aromatic nitrogens is 8. The van der Waals surface area contributed by atoms with E-state index in [2.05, 4.69) is 27.3 Å². The van der Waals surface area contributed by atoms with Crippen molar-refractivity contribution in [3.8, 4) is 11.4 Å². The zero-order chi connectivity index (χ0) is 18.0. The van der Waals surface area contributed by atoms with Crippen LogP contribution in [0.4, 0.5) is 0 Å². The Bertz CT molecular complexity index is 1130. The van der Waals surface area contributed by atoms with Gasteiger partial charge in [0.05, 0.1) is 23.8 Å². The minimum atomic E-state index is 0.454. The van der Waals surface area contributed by atoms with E-state index in [1.807, 2.05) is 48.2 Å². The van der Waals surface area contributed by atoms with Crippen molar-refractivity contribution in [2.24, 2.45) is 21.1 Å². The maximum absolute atomic E-state index is 4.76. The lowest BCUT2D eigenvalue weighted by Crippen LogP contribution is -1.98. The Morgan fingerprint density at radius 1 is 1.08 bits per heavy atom. The Morgan fingerprint density at radius 2 is 1.92 bits per heavy atom. The maximum Gasteiger partial charge on any atom is 0.197 e. The lowest BCUT2D eigenvalue weighted by molar-refractivity contribution is 0.744. The monoisotopic (exact) mass is 348 g/mol. The SMILES string of the molecule is Cc1nc2ncc(-c3cc(C4CC4c4cnn(C)c4)nn3C)nc2n1C. The van der Waals surface area contributed by atoms with Crippen LogP contribution in [0.1, 0.15) is 35.3 Å². The molecule has 1 aliphatic rings. The van der Waals surface area contributed by atoms with E-state index >= 15 is 0 Å². The zero-order valence-electron chi connectivity index (χ0n) is 15.2. The topological polar surface area (TPSA) is 79.2 Å². The molecule has 4 aromatic heterocycles. The molecule has 4 aromatic rings. The highest BCUT2D eigenvalue weighted by Crippen LogP contribution is 2.54. The summed E-state index contributed by atoms with van der Waals surface area (Å²) >= 11 is 0. The van der Waals surface area contributed by atoms with E-state index in [0.717, 1.165) is 35.0 Å². The predicted octanol–water partition coefficient (Wildman–Crippen LogP) is 2.08. The summed E-state index contributed by atoms with van der Waals surface area (Å²) in [7, 11) is 5.87. The summed E-state index contributed by atoms with van der Waals surface area (Å²) in [6, 6.07) is 2.14. The molecule has 4 heterocycles. The first kappa shape index (κ1) is 15.2. The van der Waals surface area contributed by atoms with Crippen LogP contribution < -0.4 is 0 Å². The van der Waals surface area contributed by atoms with E-state index in [-0.39, 0.29) is 0 Å². The normalized spacial score (nSPS) is 19.4. The number of imidazole rings is 1. The summed E-state index contributed by atoms with van der Waals surface area (Å²) in [6.45, 7) is 1.96. The highest BCUT2D eigenvalue weighted by molar-refractivity contribution is 5.70. The minimum absolute atomic E-state index is 0.454. The van der Waals surface area contributed by atoms with Crippen molar-refractivity contribution in [3.63, 3.8) is 0 Å². The molecule has 0 N–H and O–H groups in total. The zero-order valence-corrected chi connectivity index (χ0v) is 15.2. The molecule has 0 radical (unpaired) electrons. The smallest absolute Gasteiger partial charge is 0.197 e. The molecule has 1 fully saturated rings. The van der Waals surface area contributed by atoms with E-state index < -0.39 is 0 Å². The Balaban J connectivity index is 1.49. The molecule has 26 heavy (non-hydrogen) atoms. The summed E-state index contributed by atoms with van der Waals surface area (Å²) in [5, 5.41) is 9.02. The van der Waals surface area contributed by atoms with E-state index in [4.69, 9.17) is 10.1 Å². The van der Waals surface area contributed by atoms with Gasteiger partial charge >= 0.3 is 0 Å². The Hall–Kier alpha value is -3.03. The third-order valence-corrected chi connectivity index (χ3v) is 5.29. The number of fused-ring (bicyclic) bond motifs is 1.